The lowest BCUT2D eigenvalue weighted by atomic mass is 10.2. The quantitative estimate of drug-likeness (QED) is 0.524. The van der Waals surface area contributed by atoms with Gasteiger partial charge in [0.1, 0.15) is 5.82 Å². The van der Waals surface area contributed by atoms with Crippen molar-refractivity contribution in [3.63, 3.8) is 0 Å². The van der Waals surface area contributed by atoms with Crippen molar-refractivity contribution in [1.82, 2.24) is 0 Å². The SMILES string of the molecule is Cc1[c]cc(Cl)cc1F. The molecule has 0 spiro atoms. The molecule has 0 nitrogen and oxygen atoms in total. The third-order valence-electron chi connectivity index (χ3n) is 1.05. The Kier molecular flexibility index (Phi) is 1.72. The van der Waals surface area contributed by atoms with Gasteiger partial charge in [-0.25, -0.2) is 4.39 Å². The summed E-state index contributed by atoms with van der Waals surface area (Å²) < 4.78 is 12.5. The van der Waals surface area contributed by atoms with Crippen molar-refractivity contribution in [2.75, 3.05) is 0 Å². The van der Waals surface area contributed by atoms with E-state index in [2.05, 4.69) is 6.07 Å². The first-order chi connectivity index (χ1) is 4.20. The van der Waals surface area contributed by atoms with Crippen LogP contribution in [0, 0.1) is 18.8 Å². The predicted octanol–water partition coefficient (Wildman–Crippen LogP) is 2.59. The highest BCUT2D eigenvalue weighted by molar-refractivity contribution is 6.30. The van der Waals surface area contributed by atoms with Gasteiger partial charge in [-0.2, -0.15) is 0 Å². The van der Waals surface area contributed by atoms with Gasteiger partial charge in [0, 0.05) is 5.02 Å². The molecule has 0 saturated heterocycles. The van der Waals surface area contributed by atoms with Crippen LogP contribution in [0.4, 0.5) is 4.39 Å². The number of benzene rings is 1. The van der Waals surface area contributed by atoms with Crippen molar-refractivity contribution in [1.29, 1.82) is 0 Å². The predicted molar refractivity (Wildman–Crippen MR) is 35.0 cm³/mol. The van der Waals surface area contributed by atoms with Crippen LogP contribution in [0.2, 0.25) is 5.02 Å². The maximum Gasteiger partial charge on any atom is 0.128 e. The van der Waals surface area contributed by atoms with Crippen molar-refractivity contribution in [2.45, 2.75) is 6.92 Å². The van der Waals surface area contributed by atoms with E-state index in [1.807, 2.05) is 0 Å². The van der Waals surface area contributed by atoms with Crippen LogP contribution in [0.5, 0.6) is 0 Å². The van der Waals surface area contributed by atoms with Crippen LogP contribution in [-0.4, -0.2) is 0 Å². The number of hydrogen-bond donors (Lipinski definition) is 0. The van der Waals surface area contributed by atoms with Crippen molar-refractivity contribution < 1.29 is 4.39 Å². The molecule has 0 saturated carbocycles. The normalized spacial score (nSPS) is 9.67. The largest absolute Gasteiger partial charge is 0.207 e. The van der Waals surface area contributed by atoms with Crippen molar-refractivity contribution in [3.8, 4) is 0 Å². The fourth-order valence-corrected chi connectivity index (χ4v) is 0.667. The zero-order chi connectivity index (χ0) is 6.85. The van der Waals surface area contributed by atoms with Crippen LogP contribution in [0.1, 0.15) is 5.56 Å². The molecule has 0 bridgehead atoms. The Labute approximate surface area is 58.3 Å². The molecule has 47 valence electrons. The minimum Gasteiger partial charge on any atom is -0.207 e. The molecule has 0 atom stereocenters. The first kappa shape index (κ1) is 6.56. The van der Waals surface area contributed by atoms with Gasteiger partial charge in [-0.15, -0.1) is 0 Å². The Morgan fingerprint density at radius 1 is 1.67 bits per heavy atom. The zero-order valence-corrected chi connectivity index (χ0v) is 5.67. The van der Waals surface area contributed by atoms with Crippen LogP contribution in [0.25, 0.3) is 0 Å². The Morgan fingerprint density at radius 2 is 2.33 bits per heavy atom. The number of hydrogen-bond acceptors (Lipinski definition) is 0. The van der Waals surface area contributed by atoms with Crippen molar-refractivity contribution in [3.05, 3.63) is 34.6 Å². The molecule has 1 aromatic rings. The van der Waals surface area contributed by atoms with E-state index in [-0.39, 0.29) is 5.82 Å². The van der Waals surface area contributed by atoms with E-state index >= 15 is 0 Å². The van der Waals surface area contributed by atoms with Gasteiger partial charge in [0.2, 0.25) is 0 Å². The van der Waals surface area contributed by atoms with Gasteiger partial charge in [-0.3, -0.25) is 0 Å². The minimum absolute atomic E-state index is 0.303. The van der Waals surface area contributed by atoms with Crippen molar-refractivity contribution in [2.24, 2.45) is 0 Å². The molecule has 2 heteroatoms. The molecule has 1 radical (unpaired) electrons. The lowest BCUT2D eigenvalue weighted by Gasteiger charge is -1.92. The molecule has 0 unspecified atom stereocenters. The fourth-order valence-electron chi connectivity index (χ4n) is 0.517. The third-order valence-corrected chi connectivity index (χ3v) is 1.27. The summed E-state index contributed by atoms with van der Waals surface area (Å²) in [7, 11) is 0. The van der Waals surface area contributed by atoms with E-state index in [1.165, 1.54) is 6.07 Å². The van der Waals surface area contributed by atoms with E-state index in [9.17, 15) is 4.39 Å². The van der Waals surface area contributed by atoms with Crippen LogP contribution in [0.3, 0.4) is 0 Å². The maximum absolute atomic E-state index is 12.5. The average Bonchev–Trinajstić information content (AvgIpc) is 1.80. The van der Waals surface area contributed by atoms with Gasteiger partial charge in [0.25, 0.3) is 0 Å². The molecule has 0 aromatic heterocycles. The van der Waals surface area contributed by atoms with E-state index < -0.39 is 0 Å². The molecule has 0 amide bonds. The van der Waals surface area contributed by atoms with E-state index in [0.717, 1.165) is 0 Å². The summed E-state index contributed by atoms with van der Waals surface area (Å²) >= 11 is 5.45. The second-order valence-corrected chi connectivity index (χ2v) is 2.23. The highest BCUT2D eigenvalue weighted by Gasteiger charge is 1.95. The zero-order valence-electron chi connectivity index (χ0n) is 4.91. The molecule has 0 fully saturated rings. The molecule has 0 aliphatic heterocycles. The monoisotopic (exact) mass is 143 g/mol. The molecule has 0 aliphatic carbocycles. The topological polar surface area (TPSA) is 0 Å². The first-order valence-corrected chi connectivity index (χ1v) is 2.91. The third kappa shape index (κ3) is 1.42. The molecule has 1 rings (SSSR count). The van der Waals surface area contributed by atoms with Crippen LogP contribution < -0.4 is 0 Å². The Balaban J connectivity index is 3.17. The summed E-state index contributed by atoms with van der Waals surface area (Å²) in [5, 5.41) is 0.387. The van der Waals surface area contributed by atoms with E-state index in [1.54, 1.807) is 13.0 Å². The Bertz CT molecular complexity index is 220. The molecular formula is C7H5ClF. The summed E-state index contributed by atoms with van der Waals surface area (Å²) in [6.45, 7) is 1.64. The summed E-state index contributed by atoms with van der Waals surface area (Å²) in [4.78, 5) is 0. The Morgan fingerprint density at radius 3 is 2.78 bits per heavy atom. The molecule has 0 heterocycles. The van der Waals surface area contributed by atoms with Crippen LogP contribution in [0.15, 0.2) is 12.1 Å². The van der Waals surface area contributed by atoms with E-state index in [0.29, 0.717) is 10.6 Å². The van der Waals surface area contributed by atoms with Gasteiger partial charge in [0.15, 0.2) is 0 Å². The second-order valence-electron chi connectivity index (χ2n) is 1.79. The highest BCUT2D eigenvalue weighted by Crippen LogP contribution is 2.12. The molecule has 0 aliphatic rings. The molecule has 9 heavy (non-hydrogen) atoms. The maximum atomic E-state index is 12.5. The van der Waals surface area contributed by atoms with Gasteiger partial charge in [0.05, 0.1) is 0 Å². The summed E-state index contributed by atoms with van der Waals surface area (Å²) in [5.41, 5.74) is 0.499. The highest BCUT2D eigenvalue weighted by atomic mass is 35.5. The van der Waals surface area contributed by atoms with Gasteiger partial charge in [-0.1, -0.05) is 11.6 Å². The lowest BCUT2D eigenvalue weighted by molar-refractivity contribution is 0.618. The van der Waals surface area contributed by atoms with Gasteiger partial charge in [-0.05, 0) is 30.7 Å². The summed E-state index contributed by atoms with van der Waals surface area (Å²) in [6, 6.07) is 5.47. The standard InChI is InChI=1S/C7H5ClF/c1-5-2-3-6(8)4-7(5)9/h3-4H,1H3. The first-order valence-electron chi connectivity index (χ1n) is 2.53. The van der Waals surface area contributed by atoms with Gasteiger partial charge < -0.3 is 0 Å². The fraction of sp³-hybridized carbons (Fsp3) is 0.143. The average molecular weight is 144 g/mol. The molecular weight excluding hydrogens is 139 g/mol. The van der Waals surface area contributed by atoms with Crippen molar-refractivity contribution >= 4 is 11.6 Å². The summed E-state index contributed by atoms with van der Waals surface area (Å²) in [5.74, 6) is -0.303. The second kappa shape index (κ2) is 2.36. The van der Waals surface area contributed by atoms with Gasteiger partial charge >= 0.3 is 0 Å². The number of halogens is 2. The lowest BCUT2D eigenvalue weighted by Crippen LogP contribution is -1.79. The minimum atomic E-state index is -0.303. The molecule has 0 N–H and O–H groups in total. The smallest absolute Gasteiger partial charge is 0.128 e. The Hall–Kier alpha value is -0.560. The van der Waals surface area contributed by atoms with Crippen LogP contribution in [-0.2, 0) is 0 Å². The number of rotatable bonds is 0. The molecule has 1 aromatic carbocycles. The number of aryl methyl sites for hydroxylation is 1. The van der Waals surface area contributed by atoms with E-state index in [4.69, 9.17) is 11.6 Å². The summed E-state index contributed by atoms with van der Waals surface area (Å²) in [6.07, 6.45) is 0. The van der Waals surface area contributed by atoms with Crippen LogP contribution >= 0.6 is 11.6 Å².